The molecule has 0 bridgehead atoms. The molecular formula is C10H21NO3. The molecule has 0 spiro atoms. The predicted molar refractivity (Wildman–Crippen MR) is 55.0 cm³/mol. The van der Waals surface area contributed by atoms with E-state index < -0.39 is 0 Å². The minimum atomic E-state index is -0.276. The molecule has 1 atom stereocenters. The average Bonchev–Trinajstić information content (AvgIpc) is 2.17. The zero-order chi connectivity index (χ0) is 11.0. The average molecular weight is 203 g/mol. The molecular weight excluding hydrogens is 182 g/mol. The third-order valence-corrected chi connectivity index (χ3v) is 2.17. The second-order valence-electron chi connectivity index (χ2n) is 3.40. The summed E-state index contributed by atoms with van der Waals surface area (Å²) in [6.45, 7) is 6.23. The van der Waals surface area contributed by atoms with E-state index in [1.807, 2.05) is 6.92 Å². The molecule has 14 heavy (non-hydrogen) atoms. The number of carbonyl (C=O) groups excluding carboxylic acids is 1. The monoisotopic (exact) mass is 203 g/mol. The first-order valence-electron chi connectivity index (χ1n) is 5.07. The van der Waals surface area contributed by atoms with E-state index in [2.05, 4.69) is 9.64 Å². The van der Waals surface area contributed by atoms with Crippen LogP contribution in [0.3, 0.4) is 0 Å². The molecule has 4 heteroatoms. The molecule has 0 aliphatic carbocycles. The number of carbonyl (C=O) groups is 1. The summed E-state index contributed by atoms with van der Waals surface area (Å²) < 4.78 is 4.56. The highest BCUT2D eigenvalue weighted by Crippen LogP contribution is 1.98. The summed E-state index contributed by atoms with van der Waals surface area (Å²) in [5.74, 6) is -0.180. The van der Waals surface area contributed by atoms with Gasteiger partial charge in [-0.2, -0.15) is 0 Å². The Morgan fingerprint density at radius 1 is 1.50 bits per heavy atom. The van der Waals surface area contributed by atoms with Crippen molar-refractivity contribution in [3.05, 3.63) is 0 Å². The zero-order valence-electron chi connectivity index (χ0n) is 9.32. The van der Waals surface area contributed by atoms with Gasteiger partial charge in [-0.05, 0) is 19.9 Å². The quantitative estimate of drug-likeness (QED) is 0.617. The molecule has 0 amide bonds. The molecule has 0 saturated heterocycles. The zero-order valence-corrected chi connectivity index (χ0v) is 9.32. The molecule has 1 unspecified atom stereocenters. The lowest BCUT2D eigenvalue weighted by Gasteiger charge is -2.20. The Balaban J connectivity index is 3.63. The molecule has 1 N–H and O–H groups in total. The van der Waals surface area contributed by atoms with Gasteiger partial charge in [-0.3, -0.25) is 4.79 Å². The maximum Gasteiger partial charge on any atom is 0.306 e. The molecule has 0 aliphatic heterocycles. The Hall–Kier alpha value is -0.610. The third kappa shape index (κ3) is 6.86. The van der Waals surface area contributed by atoms with Crippen molar-refractivity contribution in [3.8, 4) is 0 Å². The lowest BCUT2D eigenvalue weighted by atomic mass is 10.2. The van der Waals surface area contributed by atoms with Crippen molar-refractivity contribution in [2.24, 2.45) is 0 Å². The molecule has 84 valence electrons. The van der Waals surface area contributed by atoms with Gasteiger partial charge in [0.25, 0.3) is 0 Å². The number of nitrogens with zero attached hydrogens (tertiary/aromatic N) is 1. The highest BCUT2D eigenvalue weighted by Gasteiger charge is 2.07. The van der Waals surface area contributed by atoms with Crippen LogP contribution in [0.1, 0.15) is 26.7 Å². The van der Waals surface area contributed by atoms with Crippen molar-refractivity contribution in [2.75, 3.05) is 26.7 Å². The molecule has 0 rings (SSSR count). The van der Waals surface area contributed by atoms with Gasteiger partial charge in [0, 0.05) is 13.1 Å². The summed E-state index contributed by atoms with van der Waals surface area (Å²) in [4.78, 5) is 13.0. The van der Waals surface area contributed by atoms with Crippen molar-refractivity contribution >= 4 is 5.97 Å². The SMILES string of the molecule is CCN(CCC(=O)OC)CCC(C)O. The number of hydrogen-bond acceptors (Lipinski definition) is 4. The van der Waals surface area contributed by atoms with Crippen molar-refractivity contribution < 1.29 is 14.6 Å². The van der Waals surface area contributed by atoms with Crippen LogP contribution in [-0.4, -0.2) is 48.8 Å². The van der Waals surface area contributed by atoms with Crippen LogP contribution in [0.2, 0.25) is 0 Å². The highest BCUT2D eigenvalue weighted by atomic mass is 16.5. The van der Waals surface area contributed by atoms with Gasteiger partial charge in [-0.15, -0.1) is 0 Å². The minimum absolute atomic E-state index is 0.180. The van der Waals surface area contributed by atoms with Crippen molar-refractivity contribution in [1.82, 2.24) is 4.90 Å². The summed E-state index contributed by atoms with van der Waals surface area (Å²) in [6.07, 6.45) is 0.890. The normalized spacial score (nSPS) is 12.9. The molecule has 0 fully saturated rings. The Bertz CT molecular complexity index is 159. The summed E-state index contributed by atoms with van der Waals surface area (Å²) in [5.41, 5.74) is 0. The molecule has 0 aromatic rings. The minimum Gasteiger partial charge on any atom is -0.469 e. The first kappa shape index (κ1) is 13.4. The van der Waals surface area contributed by atoms with Crippen LogP contribution < -0.4 is 0 Å². The van der Waals surface area contributed by atoms with Gasteiger partial charge in [-0.1, -0.05) is 6.92 Å². The van der Waals surface area contributed by atoms with Gasteiger partial charge in [-0.25, -0.2) is 0 Å². The van der Waals surface area contributed by atoms with Crippen LogP contribution in [-0.2, 0) is 9.53 Å². The van der Waals surface area contributed by atoms with Gasteiger partial charge in [0.15, 0.2) is 0 Å². The third-order valence-electron chi connectivity index (χ3n) is 2.17. The number of ether oxygens (including phenoxy) is 1. The van der Waals surface area contributed by atoms with Crippen LogP contribution in [0.15, 0.2) is 0 Å². The Kier molecular flexibility index (Phi) is 7.42. The van der Waals surface area contributed by atoms with Crippen molar-refractivity contribution in [2.45, 2.75) is 32.8 Å². The van der Waals surface area contributed by atoms with Gasteiger partial charge in [0.2, 0.25) is 0 Å². The summed E-state index contributed by atoms with van der Waals surface area (Å²) >= 11 is 0. The first-order chi connectivity index (χ1) is 6.60. The van der Waals surface area contributed by atoms with Crippen LogP contribution in [0.4, 0.5) is 0 Å². The Labute approximate surface area is 85.9 Å². The lowest BCUT2D eigenvalue weighted by molar-refractivity contribution is -0.140. The summed E-state index contributed by atoms with van der Waals surface area (Å²) in [5, 5.41) is 9.10. The number of rotatable bonds is 7. The van der Waals surface area contributed by atoms with Crippen molar-refractivity contribution in [1.29, 1.82) is 0 Å². The van der Waals surface area contributed by atoms with E-state index in [4.69, 9.17) is 5.11 Å². The van der Waals surface area contributed by atoms with E-state index in [1.165, 1.54) is 7.11 Å². The molecule has 0 aliphatic rings. The largest absolute Gasteiger partial charge is 0.469 e. The summed E-state index contributed by atoms with van der Waals surface area (Å²) in [7, 11) is 1.40. The van der Waals surface area contributed by atoms with Gasteiger partial charge < -0.3 is 14.7 Å². The number of methoxy groups -OCH3 is 1. The molecule has 4 nitrogen and oxygen atoms in total. The van der Waals surface area contributed by atoms with Crippen LogP contribution in [0, 0.1) is 0 Å². The maximum atomic E-state index is 10.9. The van der Waals surface area contributed by atoms with Gasteiger partial charge >= 0.3 is 5.97 Å². The smallest absolute Gasteiger partial charge is 0.306 e. The van der Waals surface area contributed by atoms with E-state index in [1.54, 1.807) is 6.92 Å². The fraction of sp³-hybridized carbons (Fsp3) is 0.900. The molecule has 0 heterocycles. The van der Waals surface area contributed by atoms with E-state index in [0.717, 1.165) is 19.5 Å². The topological polar surface area (TPSA) is 49.8 Å². The number of aliphatic hydroxyl groups excluding tert-OH is 1. The lowest BCUT2D eigenvalue weighted by Crippen LogP contribution is -2.29. The van der Waals surface area contributed by atoms with Gasteiger partial charge in [0.1, 0.15) is 0 Å². The van der Waals surface area contributed by atoms with E-state index in [0.29, 0.717) is 13.0 Å². The number of aliphatic hydroxyl groups is 1. The fourth-order valence-electron chi connectivity index (χ4n) is 1.15. The Morgan fingerprint density at radius 2 is 2.14 bits per heavy atom. The maximum absolute atomic E-state index is 10.9. The number of hydrogen-bond donors (Lipinski definition) is 1. The van der Waals surface area contributed by atoms with E-state index in [-0.39, 0.29) is 12.1 Å². The molecule has 0 saturated carbocycles. The Morgan fingerprint density at radius 3 is 2.57 bits per heavy atom. The first-order valence-corrected chi connectivity index (χ1v) is 5.07. The molecule has 0 aromatic heterocycles. The van der Waals surface area contributed by atoms with E-state index >= 15 is 0 Å². The predicted octanol–water partition coefficient (Wildman–Crippen LogP) is 0.642. The molecule has 0 radical (unpaired) electrons. The van der Waals surface area contributed by atoms with Crippen molar-refractivity contribution in [3.63, 3.8) is 0 Å². The van der Waals surface area contributed by atoms with Crippen LogP contribution in [0.25, 0.3) is 0 Å². The van der Waals surface area contributed by atoms with Gasteiger partial charge in [0.05, 0.1) is 19.6 Å². The summed E-state index contributed by atoms with van der Waals surface area (Å²) in [6, 6.07) is 0. The second-order valence-corrected chi connectivity index (χ2v) is 3.40. The highest BCUT2D eigenvalue weighted by molar-refractivity contribution is 5.69. The standard InChI is InChI=1S/C10H21NO3/c1-4-11(7-5-9(2)12)8-6-10(13)14-3/h9,12H,4-8H2,1-3H3. The van der Waals surface area contributed by atoms with Crippen LogP contribution in [0.5, 0.6) is 0 Å². The number of esters is 1. The fourth-order valence-corrected chi connectivity index (χ4v) is 1.15. The second kappa shape index (κ2) is 7.76. The molecule has 0 aromatic carbocycles. The van der Waals surface area contributed by atoms with Crippen LogP contribution >= 0.6 is 0 Å². The van der Waals surface area contributed by atoms with E-state index in [9.17, 15) is 4.79 Å².